The maximum absolute atomic E-state index is 10.6. The maximum atomic E-state index is 10.6. The zero-order chi connectivity index (χ0) is 10.2. The molecule has 0 aromatic heterocycles. The van der Waals surface area contributed by atoms with Crippen LogP contribution in [0.15, 0.2) is 12.2 Å². The normalized spacial score (nSPS) is 41.3. The second-order valence-corrected chi connectivity index (χ2v) is 4.50. The van der Waals surface area contributed by atoms with Gasteiger partial charge in [0.15, 0.2) is 0 Å². The Balaban J connectivity index is 2.10. The highest BCUT2D eigenvalue weighted by Gasteiger charge is 2.46. The van der Waals surface area contributed by atoms with Crippen molar-refractivity contribution in [3.8, 4) is 0 Å². The van der Waals surface area contributed by atoms with Crippen LogP contribution < -0.4 is 0 Å². The molecule has 2 fully saturated rings. The molecule has 0 aliphatic carbocycles. The van der Waals surface area contributed by atoms with E-state index in [-0.39, 0.29) is 0 Å². The number of fused-ring (bicyclic) bond motifs is 2. The van der Waals surface area contributed by atoms with Crippen LogP contribution in [0.2, 0.25) is 0 Å². The van der Waals surface area contributed by atoms with E-state index in [0.29, 0.717) is 12.5 Å². The summed E-state index contributed by atoms with van der Waals surface area (Å²) in [5, 5.41) is 10.6. The summed E-state index contributed by atoms with van der Waals surface area (Å²) >= 11 is 0. The van der Waals surface area contributed by atoms with E-state index in [4.69, 9.17) is 4.74 Å². The molecule has 2 heterocycles. The predicted octanol–water partition coefficient (Wildman–Crippen LogP) is 0.646. The van der Waals surface area contributed by atoms with E-state index in [1.165, 1.54) is 0 Å². The van der Waals surface area contributed by atoms with E-state index in [0.717, 1.165) is 38.0 Å². The van der Waals surface area contributed by atoms with Gasteiger partial charge in [0, 0.05) is 26.1 Å². The minimum atomic E-state index is -0.664. The van der Waals surface area contributed by atoms with Gasteiger partial charge in [-0.05, 0) is 25.0 Å². The van der Waals surface area contributed by atoms with Crippen molar-refractivity contribution >= 4 is 0 Å². The average molecular weight is 197 g/mol. The van der Waals surface area contributed by atoms with Gasteiger partial charge < -0.3 is 14.7 Å². The van der Waals surface area contributed by atoms with Gasteiger partial charge in [0.05, 0.1) is 12.2 Å². The SMILES string of the molecule is C=C(COC)C1(O)CCN2CCC1C2. The number of hydrogen-bond donors (Lipinski definition) is 1. The van der Waals surface area contributed by atoms with Crippen LogP contribution in [0.1, 0.15) is 12.8 Å². The lowest BCUT2D eigenvalue weighted by atomic mass is 9.77. The fraction of sp³-hybridized carbons (Fsp3) is 0.818. The first-order valence-corrected chi connectivity index (χ1v) is 5.29. The van der Waals surface area contributed by atoms with Crippen LogP contribution in [-0.4, -0.2) is 49.0 Å². The first-order chi connectivity index (χ1) is 6.66. The van der Waals surface area contributed by atoms with E-state index in [2.05, 4.69) is 11.5 Å². The van der Waals surface area contributed by atoms with Crippen LogP contribution in [0.3, 0.4) is 0 Å². The smallest absolute Gasteiger partial charge is 0.0929 e. The van der Waals surface area contributed by atoms with Gasteiger partial charge in [-0.25, -0.2) is 0 Å². The van der Waals surface area contributed by atoms with Crippen molar-refractivity contribution in [1.29, 1.82) is 0 Å². The highest BCUT2D eigenvalue weighted by atomic mass is 16.5. The molecular weight excluding hydrogens is 178 g/mol. The van der Waals surface area contributed by atoms with Gasteiger partial charge in [-0.2, -0.15) is 0 Å². The first-order valence-electron chi connectivity index (χ1n) is 5.29. The monoisotopic (exact) mass is 197 g/mol. The molecule has 1 N–H and O–H groups in total. The summed E-state index contributed by atoms with van der Waals surface area (Å²) in [4.78, 5) is 2.42. The standard InChI is InChI=1S/C11H19NO2/c1-9(8-14-2)11(13)4-6-12-5-3-10(11)7-12/h10,13H,1,3-8H2,2H3. The predicted molar refractivity (Wildman–Crippen MR) is 55.1 cm³/mol. The van der Waals surface area contributed by atoms with E-state index in [1.807, 2.05) is 0 Å². The van der Waals surface area contributed by atoms with Crippen molar-refractivity contribution in [2.45, 2.75) is 18.4 Å². The fourth-order valence-electron chi connectivity index (χ4n) is 2.72. The number of hydrogen-bond acceptors (Lipinski definition) is 3. The number of nitrogens with zero attached hydrogens (tertiary/aromatic N) is 1. The Hall–Kier alpha value is -0.380. The summed E-state index contributed by atoms with van der Waals surface area (Å²) < 4.78 is 5.06. The zero-order valence-electron chi connectivity index (χ0n) is 8.83. The van der Waals surface area contributed by atoms with Gasteiger partial charge in [0.25, 0.3) is 0 Å². The van der Waals surface area contributed by atoms with Gasteiger partial charge in [0.2, 0.25) is 0 Å². The van der Waals surface area contributed by atoms with Crippen LogP contribution in [0.5, 0.6) is 0 Å². The summed E-state index contributed by atoms with van der Waals surface area (Å²) in [6.45, 7) is 7.60. The molecule has 0 aromatic rings. The van der Waals surface area contributed by atoms with Crippen molar-refractivity contribution in [1.82, 2.24) is 4.90 Å². The topological polar surface area (TPSA) is 32.7 Å². The summed E-state index contributed by atoms with van der Waals surface area (Å²) in [5.74, 6) is 0.374. The Morgan fingerprint density at radius 2 is 2.43 bits per heavy atom. The Morgan fingerprint density at radius 1 is 1.64 bits per heavy atom. The Bertz CT molecular complexity index is 241. The van der Waals surface area contributed by atoms with Gasteiger partial charge in [0.1, 0.15) is 0 Å². The van der Waals surface area contributed by atoms with Gasteiger partial charge >= 0.3 is 0 Å². The van der Waals surface area contributed by atoms with Crippen LogP contribution >= 0.6 is 0 Å². The highest BCUT2D eigenvalue weighted by Crippen LogP contribution is 2.39. The van der Waals surface area contributed by atoms with Gasteiger partial charge in [-0.3, -0.25) is 0 Å². The average Bonchev–Trinajstić information content (AvgIpc) is 2.58. The Morgan fingerprint density at radius 3 is 3.14 bits per heavy atom. The summed E-state index contributed by atoms with van der Waals surface area (Å²) in [6, 6.07) is 0. The summed E-state index contributed by atoms with van der Waals surface area (Å²) in [6.07, 6.45) is 1.92. The molecule has 2 aliphatic heterocycles. The molecule has 2 rings (SSSR count). The quantitative estimate of drug-likeness (QED) is 0.674. The van der Waals surface area contributed by atoms with Crippen molar-refractivity contribution in [3.05, 3.63) is 12.2 Å². The molecule has 14 heavy (non-hydrogen) atoms. The molecule has 0 saturated carbocycles. The molecule has 0 aromatic carbocycles. The van der Waals surface area contributed by atoms with Crippen LogP contribution in [0.25, 0.3) is 0 Å². The number of rotatable bonds is 3. The number of methoxy groups -OCH3 is 1. The summed E-state index contributed by atoms with van der Waals surface area (Å²) in [5.41, 5.74) is 0.190. The van der Waals surface area contributed by atoms with Crippen molar-refractivity contribution in [3.63, 3.8) is 0 Å². The lowest BCUT2D eigenvalue weighted by molar-refractivity contribution is -0.0213. The minimum Gasteiger partial charge on any atom is -0.385 e. The second kappa shape index (κ2) is 3.65. The molecule has 3 unspecified atom stereocenters. The Labute approximate surface area is 85.4 Å². The molecule has 2 aliphatic rings. The van der Waals surface area contributed by atoms with Crippen LogP contribution in [0.4, 0.5) is 0 Å². The second-order valence-electron chi connectivity index (χ2n) is 4.50. The van der Waals surface area contributed by atoms with Crippen LogP contribution in [-0.2, 0) is 4.74 Å². The third-order valence-corrected chi connectivity index (χ3v) is 3.69. The fourth-order valence-corrected chi connectivity index (χ4v) is 2.72. The van der Waals surface area contributed by atoms with Gasteiger partial charge in [-0.15, -0.1) is 0 Å². The zero-order valence-corrected chi connectivity index (χ0v) is 8.83. The lowest BCUT2D eigenvalue weighted by Crippen LogP contribution is -2.48. The van der Waals surface area contributed by atoms with Crippen molar-refractivity contribution < 1.29 is 9.84 Å². The third kappa shape index (κ3) is 1.49. The number of piperidine rings is 1. The molecule has 3 atom stereocenters. The highest BCUT2D eigenvalue weighted by molar-refractivity contribution is 5.19. The first kappa shape index (κ1) is 10.1. The van der Waals surface area contributed by atoms with Crippen molar-refractivity contribution in [2.75, 3.05) is 33.4 Å². The molecule has 2 bridgehead atoms. The molecule has 0 spiro atoms. The van der Waals surface area contributed by atoms with E-state index in [1.54, 1.807) is 7.11 Å². The van der Waals surface area contributed by atoms with Gasteiger partial charge in [-0.1, -0.05) is 6.58 Å². The molecule has 3 nitrogen and oxygen atoms in total. The third-order valence-electron chi connectivity index (χ3n) is 3.69. The van der Waals surface area contributed by atoms with E-state index >= 15 is 0 Å². The summed E-state index contributed by atoms with van der Waals surface area (Å²) in [7, 11) is 1.65. The van der Waals surface area contributed by atoms with E-state index < -0.39 is 5.60 Å². The molecular formula is C11H19NO2. The Kier molecular flexibility index (Phi) is 2.64. The molecule has 3 heteroatoms. The minimum absolute atomic E-state index is 0.374. The van der Waals surface area contributed by atoms with Crippen molar-refractivity contribution in [2.24, 2.45) is 5.92 Å². The largest absolute Gasteiger partial charge is 0.385 e. The van der Waals surface area contributed by atoms with E-state index in [9.17, 15) is 5.11 Å². The number of aliphatic hydroxyl groups is 1. The van der Waals surface area contributed by atoms with Crippen LogP contribution in [0, 0.1) is 5.92 Å². The molecule has 0 amide bonds. The molecule has 0 radical (unpaired) electrons. The maximum Gasteiger partial charge on any atom is 0.0929 e. The molecule has 80 valence electrons. The lowest BCUT2D eigenvalue weighted by Gasteiger charge is -2.40. The molecule has 2 saturated heterocycles. The number of ether oxygens (including phenoxy) is 1.